The average molecular weight is 359 g/mol. The summed E-state index contributed by atoms with van der Waals surface area (Å²) in [6.45, 7) is 4.46. The van der Waals surface area contributed by atoms with Crippen molar-refractivity contribution < 1.29 is 9.53 Å². The van der Waals surface area contributed by atoms with Crippen molar-refractivity contribution in [1.29, 1.82) is 0 Å². The van der Waals surface area contributed by atoms with Gasteiger partial charge in [0.25, 0.3) is 0 Å². The molecule has 3 rings (SSSR count). The Morgan fingerprint density at radius 2 is 2.32 bits per heavy atom. The number of para-hydroxylation sites is 1. The Bertz CT molecular complexity index is 690. The molecule has 0 aliphatic carbocycles. The Morgan fingerprint density at radius 3 is 3.04 bits per heavy atom. The highest BCUT2D eigenvalue weighted by molar-refractivity contribution is 7.09. The van der Waals surface area contributed by atoms with Crippen LogP contribution in [0.3, 0.4) is 0 Å². The van der Waals surface area contributed by atoms with Gasteiger partial charge in [-0.05, 0) is 31.4 Å². The molecule has 0 bridgehead atoms. The van der Waals surface area contributed by atoms with Gasteiger partial charge in [0.05, 0.1) is 13.2 Å². The van der Waals surface area contributed by atoms with Gasteiger partial charge in [0.2, 0.25) is 5.91 Å². The summed E-state index contributed by atoms with van der Waals surface area (Å²) >= 11 is 1.61. The summed E-state index contributed by atoms with van der Waals surface area (Å²) < 4.78 is 5.48. The number of aromatic nitrogens is 1. The van der Waals surface area contributed by atoms with Gasteiger partial charge >= 0.3 is 0 Å². The lowest BCUT2D eigenvalue weighted by atomic mass is 9.90. The molecule has 1 saturated heterocycles. The van der Waals surface area contributed by atoms with Crippen molar-refractivity contribution in [2.24, 2.45) is 5.92 Å². The summed E-state index contributed by atoms with van der Waals surface area (Å²) in [6.07, 6.45) is 4.04. The molecule has 0 saturated carbocycles. The standard InChI is InChI=1S/C19H25N3O2S/c1-14(23)21-18(19-20-9-11-25-19)16-7-5-10-22(13-16)12-15-6-3-4-8-17(15)24-2/h3-4,6,8-9,11,16,18H,5,7,10,12-13H2,1-2H3,(H,21,23)/t16-,18+/m0/s1. The topological polar surface area (TPSA) is 54.5 Å². The number of piperidine rings is 1. The highest BCUT2D eigenvalue weighted by Gasteiger charge is 2.30. The molecule has 2 atom stereocenters. The lowest BCUT2D eigenvalue weighted by Gasteiger charge is -2.36. The van der Waals surface area contributed by atoms with E-state index in [2.05, 4.69) is 27.3 Å². The van der Waals surface area contributed by atoms with E-state index in [0.717, 1.165) is 43.2 Å². The maximum atomic E-state index is 11.7. The Kier molecular flexibility index (Phi) is 6.04. The maximum absolute atomic E-state index is 11.7. The highest BCUT2D eigenvalue weighted by atomic mass is 32.1. The summed E-state index contributed by atoms with van der Waals surface area (Å²) in [5.41, 5.74) is 1.20. The molecule has 6 heteroatoms. The number of nitrogens with zero attached hydrogens (tertiary/aromatic N) is 2. The molecule has 0 spiro atoms. The van der Waals surface area contributed by atoms with E-state index in [1.165, 1.54) is 5.56 Å². The lowest BCUT2D eigenvalue weighted by Crippen LogP contribution is -2.42. The van der Waals surface area contributed by atoms with Crippen LogP contribution >= 0.6 is 11.3 Å². The van der Waals surface area contributed by atoms with E-state index in [0.29, 0.717) is 5.92 Å². The van der Waals surface area contributed by atoms with E-state index >= 15 is 0 Å². The average Bonchev–Trinajstić information content (AvgIpc) is 3.14. The van der Waals surface area contributed by atoms with Crippen LogP contribution in [0.5, 0.6) is 5.75 Å². The zero-order valence-electron chi connectivity index (χ0n) is 14.8. The van der Waals surface area contributed by atoms with Crippen LogP contribution in [0.25, 0.3) is 0 Å². The molecule has 2 heterocycles. The van der Waals surface area contributed by atoms with Crippen molar-refractivity contribution in [1.82, 2.24) is 15.2 Å². The van der Waals surface area contributed by atoms with Crippen molar-refractivity contribution >= 4 is 17.2 Å². The zero-order valence-corrected chi connectivity index (χ0v) is 15.6. The number of carbonyl (C=O) groups is 1. The molecule has 5 nitrogen and oxygen atoms in total. The van der Waals surface area contributed by atoms with Gasteiger partial charge in [0.15, 0.2) is 0 Å². The van der Waals surface area contributed by atoms with Crippen LogP contribution in [0.1, 0.15) is 36.4 Å². The van der Waals surface area contributed by atoms with Crippen LogP contribution < -0.4 is 10.1 Å². The van der Waals surface area contributed by atoms with E-state index in [1.54, 1.807) is 25.4 Å². The fourth-order valence-electron chi connectivity index (χ4n) is 3.57. The molecule has 1 aliphatic rings. The molecule has 2 aromatic rings. The van der Waals surface area contributed by atoms with Crippen LogP contribution in [0.4, 0.5) is 0 Å². The van der Waals surface area contributed by atoms with Gasteiger partial charge in [-0.2, -0.15) is 0 Å². The zero-order chi connectivity index (χ0) is 17.6. The van der Waals surface area contributed by atoms with Crippen molar-refractivity contribution in [2.45, 2.75) is 32.4 Å². The van der Waals surface area contributed by atoms with E-state index in [9.17, 15) is 4.79 Å². The number of nitrogens with one attached hydrogen (secondary N) is 1. The summed E-state index contributed by atoms with van der Waals surface area (Å²) in [5.74, 6) is 1.31. The molecule has 1 N–H and O–H groups in total. The molecule has 1 fully saturated rings. The first-order valence-corrected chi connectivity index (χ1v) is 9.56. The molecule has 1 aromatic carbocycles. The number of thiazole rings is 1. The first-order chi connectivity index (χ1) is 12.2. The molecular weight excluding hydrogens is 334 g/mol. The summed E-state index contributed by atoms with van der Waals surface area (Å²) in [6, 6.07) is 8.17. The number of ether oxygens (including phenoxy) is 1. The fourth-order valence-corrected chi connectivity index (χ4v) is 4.35. The molecule has 25 heavy (non-hydrogen) atoms. The molecule has 0 radical (unpaired) electrons. The van der Waals surface area contributed by atoms with Crippen molar-refractivity contribution in [3.05, 3.63) is 46.4 Å². The minimum Gasteiger partial charge on any atom is -0.496 e. The van der Waals surface area contributed by atoms with Crippen molar-refractivity contribution in [3.63, 3.8) is 0 Å². The Balaban J connectivity index is 1.72. The van der Waals surface area contributed by atoms with Crippen LogP contribution in [0, 0.1) is 5.92 Å². The first kappa shape index (κ1) is 17.9. The van der Waals surface area contributed by atoms with E-state index in [-0.39, 0.29) is 11.9 Å². The van der Waals surface area contributed by atoms with Gasteiger partial charge < -0.3 is 10.1 Å². The number of amides is 1. The van der Waals surface area contributed by atoms with Gasteiger partial charge in [-0.15, -0.1) is 11.3 Å². The van der Waals surface area contributed by atoms with Crippen molar-refractivity contribution in [2.75, 3.05) is 20.2 Å². The number of likely N-dealkylation sites (tertiary alicyclic amines) is 1. The van der Waals surface area contributed by atoms with Gasteiger partial charge in [-0.25, -0.2) is 4.98 Å². The van der Waals surface area contributed by atoms with Gasteiger partial charge in [0.1, 0.15) is 10.8 Å². The Morgan fingerprint density at radius 1 is 1.48 bits per heavy atom. The molecule has 0 unspecified atom stereocenters. The minimum absolute atomic E-state index is 0.00188. The second-order valence-electron chi connectivity index (χ2n) is 6.50. The van der Waals surface area contributed by atoms with Crippen LogP contribution in [0.15, 0.2) is 35.8 Å². The maximum Gasteiger partial charge on any atom is 0.217 e. The second-order valence-corrected chi connectivity index (χ2v) is 7.42. The predicted octanol–water partition coefficient (Wildman–Crippen LogP) is 3.24. The number of rotatable bonds is 6. The predicted molar refractivity (Wildman–Crippen MR) is 99.7 cm³/mol. The highest BCUT2D eigenvalue weighted by Crippen LogP contribution is 2.32. The third kappa shape index (κ3) is 4.58. The summed E-state index contributed by atoms with van der Waals surface area (Å²) in [7, 11) is 1.72. The third-order valence-corrected chi connectivity index (χ3v) is 5.53. The fraction of sp³-hybridized carbons (Fsp3) is 0.474. The quantitative estimate of drug-likeness (QED) is 0.860. The van der Waals surface area contributed by atoms with Gasteiger partial charge in [0, 0.05) is 37.2 Å². The molecule has 1 aromatic heterocycles. The minimum atomic E-state index is -0.00188. The monoisotopic (exact) mass is 359 g/mol. The third-order valence-electron chi connectivity index (χ3n) is 4.68. The van der Waals surface area contributed by atoms with Gasteiger partial charge in [-0.3, -0.25) is 9.69 Å². The van der Waals surface area contributed by atoms with Gasteiger partial charge in [-0.1, -0.05) is 18.2 Å². The molecular formula is C19H25N3O2S. The largest absolute Gasteiger partial charge is 0.496 e. The summed E-state index contributed by atoms with van der Waals surface area (Å²) in [4.78, 5) is 18.6. The normalized spacial score (nSPS) is 19.4. The molecule has 134 valence electrons. The van der Waals surface area contributed by atoms with E-state index in [1.807, 2.05) is 23.7 Å². The molecule has 1 aliphatic heterocycles. The number of benzene rings is 1. The number of carbonyl (C=O) groups excluding carboxylic acids is 1. The van der Waals surface area contributed by atoms with Crippen molar-refractivity contribution in [3.8, 4) is 5.75 Å². The Hall–Kier alpha value is -1.92. The van der Waals surface area contributed by atoms with E-state index < -0.39 is 0 Å². The van der Waals surface area contributed by atoms with Crippen LogP contribution in [0.2, 0.25) is 0 Å². The number of hydrogen-bond acceptors (Lipinski definition) is 5. The number of hydrogen-bond donors (Lipinski definition) is 1. The molecule has 1 amide bonds. The van der Waals surface area contributed by atoms with Crippen LogP contribution in [-0.2, 0) is 11.3 Å². The van der Waals surface area contributed by atoms with E-state index in [4.69, 9.17) is 4.74 Å². The number of methoxy groups -OCH3 is 1. The second kappa shape index (κ2) is 8.45. The lowest BCUT2D eigenvalue weighted by molar-refractivity contribution is -0.120. The van der Waals surface area contributed by atoms with Crippen LogP contribution in [-0.4, -0.2) is 36.0 Å². The SMILES string of the molecule is COc1ccccc1CN1CCC[C@H]([C@@H](NC(C)=O)c2nccs2)C1. The first-order valence-electron chi connectivity index (χ1n) is 8.68. The Labute approximate surface area is 153 Å². The smallest absolute Gasteiger partial charge is 0.217 e. The summed E-state index contributed by atoms with van der Waals surface area (Å²) in [5, 5.41) is 6.09.